The van der Waals surface area contributed by atoms with Crippen LogP contribution in [0, 0.1) is 5.92 Å². The summed E-state index contributed by atoms with van der Waals surface area (Å²) in [6, 6.07) is 8.37. The number of anilines is 1. The maximum absolute atomic E-state index is 12.2. The highest BCUT2D eigenvalue weighted by atomic mass is 16.1. The first-order valence-corrected chi connectivity index (χ1v) is 8.64. The molecule has 0 aliphatic carbocycles. The lowest BCUT2D eigenvalue weighted by Crippen LogP contribution is -2.34. The van der Waals surface area contributed by atoms with Gasteiger partial charge in [-0.2, -0.15) is 0 Å². The van der Waals surface area contributed by atoms with Gasteiger partial charge in [0.2, 0.25) is 5.91 Å². The van der Waals surface area contributed by atoms with Gasteiger partial charge >= 0.3 is 0 Å². The quantitative estimate of drug-likeness (QED) is 0.877. The second-order valence-electron chi connectivity index (χ2n) is 6.51. The van der Waals surface area contributed by atoms with Crippen LogP contribution < -0.4 is 10.6 Å². The van der Waals surface area contributed by atoms with Gasteiger partial charge < -0.3 is 15.5 Å². The predicted molar refractivity (Wildman–Crippen MR) is 90.0 cm³/mol. The summed E-state index contributed by atoms with van der Waals surface area (Å²) in [6.07, 6.45) is 5.69. The smallest absolute Gasteiger partial charge is 0.227 e. The number of rotatable bonds is 5. The Morgan fingerprint density at radius 1 is 1.14 bits per heavy atom. The topological polar surface area (TPSA) is 44.4 Å². The number of hydrogen-bond acceptors (Lipinski definition) is 3. The Labute approximate surface area is 133 Å². The van der Waals surface area contributed by atoms with Crippen molar-refractivity contribution in [3.63, 3.8) is 0 Å². The zero-order valence-corrected chi connectivity index (χ0v) is 13.3. The minimum atomic E-state index is 0.163. The van der Waals surface area contributed by atoms with Crippen molar-refractivity contribution in [2.45, 2.75) is 32.1 Å². The molecular formula is C18H27N3O. The van der Waals surface area contributed by atoms with Crippen LogP contribution >= 0.6 is 0 Å². The SMILES string of the molecule is O=C(Nc1ccc(CCN2CCCC2)cc1)C1CCNCC1. The molecule has 1 aromatic rings. The molecule has 0 radical (unpaired) electrons. The van der Waals surface area contributed by atoms with Crippen molar-refractivity contribution in [1.29, 1.82) is 0 Å². The fourth-order valence-electron chi connectivity index (χ4n) is 3.38. The van der Waals surface area contributed by atoms with Gasteiger partial charge in [0.25, 0.3) is 0 Å². The molecule has 2 fully saturated rings. The van der Waals surface area contributed by atoms with Gasteiger partial charge in [-0.05, 0) is 76.0 Å². The van der Waals surface area contributed by atoms with E-state index in [2.05, 4.69) is 27.7 Å². The van der Waals surface area contributed by atoms with Gasteiger partial charge in [-0.3, -0.25) is 4.79 Å². The van der Waals surface area contributed by atoms with Crippen LogP contribution in [-0.2, 0) is 11.2 Å². The molecule has 22 heavy (non-hydrogen) atoms. The Morgan fingerprint density at radius 2 is 1.82 bits per heavy atom. The van der Waals surface area contributed by atoms with Crippen LogP contribution in [0.1, 0.15) is 31.2 Å². The van der Waals surface area contributed by atoms with E-state index in [0.717, 1.165) is 44.6 Å². The molecule has 2 heterocycles. The number of carbonyl (C=O) groups excluding carboxylic acids is 1. The lowest BCUT2D eigenvalue weighted by atomic mass is 9.97. The van der Waals surface area contributed by atoms with E-state index in [4.69, 9.17) is 0 Å². The molecule has 0 bridgehead atoms. The fourth-order valence-corrected chi connectivity index (χ4v) is 3.38. The van der Waals surface area contributed by atoms with Crippen molar-refractivity contribution in [2.75, 3.05) is 38.0 Å². The molecule has 1 aromatic carbocycles. The first kappa shape index (κ1) is 15.5. The van der Waals surface area contributed by atoms with Crippen molar-refractivity contribution < 1.29 is 4.79 Å². The first-order valence-electron chi connectivity index (χ1n) is 8.64. The summed E-state index contributed by atoms with van der Waals surface area (Å²) in [7, 11) is 0. The highest BCUT2D eigenvalue weighted by Crippen LogP contribution is 2.17. The molecule has 0 atom stereocenters. The second-order valence-corrected chi connectivity index (χ2v) is 6.51. The Morgan fingerprint density at radius 3 is 2.50 bits per heavy atom. The Kier molecular flexibility index (Phi) is 5.46. The molecule has 0 aromatic heterocycles. The van der Waals surface area contributed by atoms with Crippen LogP contribution in [0.15, 0.2) is 24.3 Å². The van der Waals surface area contributed by atoms with Crippen molar-refractivity contribution in [1.82, 2.24) is 10.2 Å². The van der Waals surface area contributed by atoms with Gasteiger partial charge in [0.1, 0.15) is 0 Å². The summed E-state index contributed by atoms with van der Waals surface area (Å²) < 4.78 is 0. The van der Waals surface area contributed by atoms with Crippen LogP contribution in [0.3, 0.4) is 0 Å². The number of piperidine rings is 1. The number of benzene rings is 1. The van der Waals surface area contributed by atoms with Gasteiger partial charge in [0, 0.05) is 18.2 Å². The average Bonchev–Trinajstić information content (AvgIpc) is 3.08. The number of amides is 1. The maximum atomic E-state index is 12.2. The van der Waals surface area contributed by atoms with E-state index < -0.39 is 0 Å². The minimum Gasteiger partial charge on any atom is -0.326 e. The Bertz CT molecular complexity index is 474. The molecule has 4 nitrogen and oxygen atoms in total. The maximum Gasteiger partial charge on any atom is 0.227 e. The molecule has 3 rings (SSSR count). The van der Waals surface area contributed by atoms with Gasteiger partial charge in [-0.25, -0.2) is 0 Å². The number of nitrogens with one attached hydrogen (secondary N) is 2. The minimum absolute atomic E-state index is 0.163. The van der Waals surface area contributed by atoms with Gasteiger partial charge in [-0.1, -0.05) is 12.1 Å². The fraction of sp³-hybridized carbons (Fsp3) is 0.611. The van der Waals surface area contributed by atoms with Crippen molar-refractivity contribution in [2.24, 2.45) is 5.92 Å². The summed E-state index contributed by atoms with van der Waals surface area (Å²) in [4.78, 5) is 14.7. The lowest BCUT2D eigenvalue weighted by Gasteiger charge is -2.21. The van der Waals surface area contributed by atoms with E-state index in [1.807, 2.05) is 12.1 Å². The lowest BCUT2D eigenvalue weighted by molar-refractivity contribution is -0.120. The third-order valence-electron chi connectivity index (χ3n) is 4.85. The summed E-state index contributed by atoms with van der Waals surface area (Å²) in [5.74, 6) is 0.336. The van der Waals surface area contributed by atoms with Crippen molar-refractivity contribution in [3.05, 3.63) is 29.8 Å². The summed E-state index contributed by atoms with van der Waals surface area (Å²) in [5, 5.41) is 6.35. The van der Waals surface area contributed by atoms with Gasteiger partial charge in [0.05, 0.1) is 0 Å². The van der Waals surface area contributed by atoms with E-state index in [0.29, 0.717) is 0 Å². The normalized spacial score (nSPS) is 20.2. The average molecular weight is 301 g/mol. The first-order chi connectivity index (χ1) is 10.8. The molecular weight excluding hydrogens is 274 g/mol. The van der Waals surface area contributed by atoms with E-state index in [1.54, 1.807) is 0 Å². The van der Waals surface area contributed by atoms with E-state index in [9.17, 15) is 4.79 Å². The Hall–Kier alpha value is -1.39. The molecule has 0 saturated carbocycles. The van der Waals surface area contributed by atoms with Crippen LogP contribution in [0.4, 0.5) is 5.69 Å². The van der Waals surface area contributed by atoms with E-state index in [-0.39, 0.29) is 11.8 Å². The molecule has 0 spiro atoms. The molecule has 2 saturated heterocycles. The molecule has 2 N–H and O–H groups in total. The van der Waals surface area contributed by atoms with Crippen LogP contribution in [0.5, 0.6) is 0 Å². The third-order valence-corrected chi connectivity index (χ3v) is 4.85. The molecule has 2 aliphatic rings. The molecule has 0 unspecified atom stereocenters. The molecule has 1 amide bonds. The summed E-state index contributed by atoms with van der Waals surface area (Å²) in [5.41, 5.74) is 2.28. The number of hydrogen-bond donors (Lipinski definition) is 2. The van der Waals surface area contributed by atoms with Crippen molar-refractivity contribution in [3.8, 4) is 0 Å². The highest BCUT2D eigenvalue weighted by molar-refractivity contribution is 5.92. The third kappa shape index (κ3) is 4.31. The molecule has 120 valence electrons. The molecule has 4 heteroatoms. The second kappa shape index (κ2) is 7.75. The van der Waals surface area contributed by atoms with Crippen LogP contribution in [-0.4, -0.2) is 43.5 Å². The largest absolute Gasteiger partial charge is 0.326 e. The number of nitrogens with zero attached hydrogens (tertiary/aromatic N) is 1. The summed E-state index contributed by atoms with van der Waals surface area (Å²) >= 11 is 0. The monoisotopic (exact) mass is 301 g/mol. The van der Waals surface area contributed by atoms with Gasteiger partial charge in [-0.15, -0.1) is 0 Å². The predicted octanol–water partition coefficient (Wildman–Crippen LogP) is 2.26. The molecule has 2 aliphatic heterocycles. The number of likely N-dealkylation sites (tertiary alicyclic amines) is 1. The van der Waals surface area contributed by atoms with E-state index >= 15 is 0 Å². The van der Waals surface area contributed by atoms with Crippen molar-refractivity contribution >= 4 is 11.6 Å². The van der Waals surface area contributed by atoms with Gasteiger partial charge in [0.15, 0.2) is 0 Å². The summed E-state index contributed by atoms with van der Waals surface area (Å²) in [6.45, 7) is 5.57. The number of carbonyl (C=O) groups is 1. The highest BCUT2D eigenvalue weighted by Gasteiger charge is 2.20. The van der Waals surface area contributed by atoms with Crippen LogP contribution in [0.25, 0.3) is 0 Å². The van der Waals surface area contributed by atoms with Crippen LogP contribution in [0.2, 0.25) is 0 Å². The standard InChI is InChI=1S/C18H27N3O/c22-18(16-7-10-19-11-8-16)20-17-5-3-15(4-6-17)9-14-21-12-1-2-13-21/h3-6,16,19H,1-2,7-14H2,(H,20,22). The Balaban J connectivity index is 1.47. The zero-order valence-electron chi connectivity index (χ0n) is 13.3. The zero-order chi connectivity index (χ0) is 15.2. The van der Waals surface area contributed by atoms with E-state index in [1.165, 1.54) is 31.5 Å².